The quantitative estimate of drug-likeness (QED) is 0.736. The summed E-state index contributed by atoms with van der Waals surface area (Å²) in [6, 6.07) is 8.71. The van der Waals surface area contributed by atoms with Gasteiger partial charge in [0, 0.05) is 22.2 Å². The molecule has 0 aliphatic carbocycles. The van der Waals surface area contributed by atoms with Crippen molar-refractivity contribution in [3.05, 3.63) is 70.6 Å². The highest BCUT2D eigenvalue weighted by molar-refractivity contribution is 7.19. The molecule has 1 aliphatic rings. The minimum atomic E-state index is -0.219. The van der Waals surface area contributed by atoms with Gasteiger partial charge in [0.1, 0.15) is 5.82 Å². The van der Waals surface area contributed by atoms with Crippen LogP contribution in [-0.4, -0.2) is 10.2 Å². The van der Waals surface area contributed by atoms with Gasteiger partial charge < -0.3 is 5.32 Å². The maximum absolute atomic E-state index is 13.1. The second-order valence-corrected chi connectivity index (χ2v) is 6.50. The summed E-state index contributed by atoms with van der Waals surface area (Å²) in [6.07, 6.45) is 6.23. The van der Waals surface area contributed by atoms with Crippen molar-refractivity contribution in [2.45, 2.75) is 12.8 Å². The van der Waals surface area contributed by atoms with Gasteiger partial charge in [-0.05, 0) is 36.8 Å². The number of dihydropyridines is 1. The minimum absolute atomic E-state index is 0.215. The van der Waals surface area contributed by atoms with Crippen LogP contribution in [0.1, 0.15) is 23.3 Å². The summed E-state index contributed by atoms with van der Waals surface area (Å²) < 4.78 is 14.3. The van der Waals surface area contributed by atoms with Crippen LogP contribution < -0.4 is 5.32 Å². The van der Waals surface area contributed by atoms with Crippen LogP contribution in [0.5, 0.6) is 0 Å². The van der Waals surface area contributed by atoms with Gasteiger partial charge in [-0.1, -0.05) is 18.2 Å². The van der Waals surface area contributed by atoms with Crippen LogP contribution in [0.3, 0.4) is 0 Å². The molecule has 1 unspecified atom stereocenters. The third-order valence-electron chi connectivity index (χ3n) is 3.74. The summed E-state index contributed by atoms with van der Waals surface area (Å²) >= 11 is 1.74. The molecule has 22 heavy (non-hydrogen) atoms. The molecule has 1 aromatic carbocycles. The first-order valence-electron chi connectivity index (χ1n) is 7.05. The highest BCUT2D eigenvalue weighted by atomic mass is 32.1. The van der Waals surface area contributed by atoms with Crippen molar-refractivity contribution in [2.75, 3.05) is 0 Å². The monoisotopic (exact) mass is 311 g/mol. The molecular formula is C17H14FN3S. The Morgan fingerprint density at radius 2 is 2.00 bits per heavy atom. The van der Waals surface area contributed by atoms with E-state index in [-0.39, 0.29) is 11.7 Å². The van der Waals surface area contributed by atoms with Gasteiger partial charge in [-0.25, -0.2) is 4.39 Å². The number of nitrogens with zero attached hydrogens (tertiary/aromatic N) is 1. The molecule has 2 N–H and O–H groups in total. The van der Waals surface area contributed by atoms with E-state index in [1.165, 1.54) is 17.0 Å². The SMILES string of the molecule is CC1=CC(c2cc3[nH]ncc3s2)C=C(c2ccc(F)cc2)N1. The molecule has 2 aromatic heterocycles. The number of rotatable bonds is 2. The highest BCUT2D eigenvalue weighted by Crippen LogP contribution is 2.35. The molecule has 0 amide bonds. The van der Waals surface area contributed by atoms with E-state index in [1.807, 2.05) is 13.1 Å². The number of halogens is 1. The van der Waals surface area contributed by atoms with Crippen molar-refractivity contribution in [3.8, 4) is 0 Å². The summed E-state index contributed by atoms with van der Waals surface area (Å²) in [7, 11) is 0. The Hall–Kier alpha value is -2.40. The predicted molar refractivity (Wildman–Crippen MR) is 88.0 cm³/mol. The van der Waals surface area contributed by atoms with E-state index in [0.717, 1.165) is 27.2 Å². The highest BCUT2D eigenvalue weighted by Gasteiger charge is 2.17. The smallest absolute Gasteiger partial charge is 0.123 e. The second-order valence-electron chi connectivity index (χ2n) is 5.38. The molecule has 3 heterocycles. The lowest BCUT2D eigenvalue weighted by Gasteiger charge is -2.21. The number of benzene rings is 1. The summed E-state index contributed by atoms with van der Waals surface area (Å²) in [4.78, 5) is 1.27. The van der Waals surface area contributed by atoms with Crippen LogP contribution in [0.2, 0.25) is 0 Å². The zero-order valence-corrected chi connectivity index (χ0v) is 12.7. The number of allylic oxidation sites excluding steroid dienone is 3. The number of fused-ring (bicyclic) bond motifs is 1. The molecule has 5 heteroatoms. The normalized spacial score (nSPS) is 18.0. The lowest BCUT2D eigenvalue weighted by Crippen LogP contribution is -2.15. The Balaban J connectivity index is 1.73. The van der Waals surface area contributed by atoms with Gasteiger partial charge in [-0.3, -0.25) is 5.10 Å². The molecule has 4 rings (SSSR count). The average Bonchev–Trinajstić information content (AvgIpc) is 3.08. The first kappa shape index (κ1) is 13.3. The lowest BCUT2D eigenvalue weighted by molar-refractivity contribution is 0.627. The van der Waals surface area contributed by atoms with E-state index in [2.05, 4.69) is 33.7 Å². The summed E-state index contributed by atoms with van der Waals surface area (Å²) in [5.41, 5.74) is 4.17. The van der Waals surface area contributed by atoms with Crippen molar-refractivity contribution in [2.24, 2.45) is 0 Å². The summed E-state index contributed by atoms with van der Waals surface area (Å²) in [6.45, 7) is 2.05. The minimum Gasteiger partial charge on any atom is -0.359 e. The number of thiophene rings is 1. The third-order valence-corrected chi connectivity index (χ3v) is 4.91. The largest absolute Gasteiger partial charge is 0.359 e. The number of aromatic nitrogens is 2. The number of hydrogen-bond donors (Lipinski definition) is 2. The Morgan fingerprint density at radius 1 is 1.18 bits per heavy atom. The van der Waals surface area contributed by atoms with E-state index in [0.29, 0.717) is 0 Å². The fraction of sp³-hybridized carbons (Fsp3) is 0.118. The van der Waals surface area contributed by atoms with Crippen LogP contribution in [0.15, 0.2) is 54.4 Å². The first-order valence-corrected chi connectivity index (χ1v) is 7.87. The lowest BCUT2D eigenvalue weighted by atomic mass is 9.98. The summed E-state index contributed by atoms with van der Waals surface area (Å²) in [5, 5.41) is 10.4. The van der Waals surface area contributed by atoms with E-state index in [4.69, 9.17) is 0 Å². The maximum atomic E-state index is 13.1. The topological polar surface area (TPSA) is 40.7 Å². The van der Waals surface area contributed by atoms with E-state index in [9.17, 15) is 4.39 Å². The Morgan fingerprint density at radius 3 is 2.77 bits per heavy atom. The number of aromatic amines is 1. The van der Waals surface area contributed by atoms with Gasteiger partial charge >= 0.3 is 0 Å². The zero-order valence-electron chi connectivity index (χ0n) is 11.9. The molecule has 3 aromatic rings. The van der Waals surface area contributed by atoms with Crippen LogP contribution in [0.25, 0.3) is 15.9 Å². The van der Waals surface area contributed by atoms with E-state index >= 15 is 0 Å². The number of nitrogens with one attached hydrogen (secondary N) is 2. The molecule has 0 radical (unpaired) electrons. The second kappa shape index (κ2) is 5.10. The fourth-order valence-corrected chi connectivity index (χ4v) is 3.71. The summed E-state index contributed by atoms with van der Waals surface area (Å²) in [5.74, 6) is -0.00359. The standard InChI is InChI=1S/C17H14FN3S/c1-10-6-12(16-8-15-17(22-16)9-19-21-15)7-14(20-10)11-2-4-13(18)5-3-11/h2-9,12,20H,1H3,(H,19,21). The van der Waals surface area contributed by atoms with E-state index < -0.39 is 0 Å². The fourth-order valence-electron chi connectivity index (χ4n) is 2.69. The van der Waals surface area contributed by atoms with Crippen molar-refractivity contribution in [1.29, 1.82) is 0 Å². The molecule has 3 nitrogen and oxygen atoms in total. The number of hydrogen-bond acceptors (Lipinski definition) is 3. The van der Waals surface area contributed by atoms with Crippen molar-refractivity contribution in [3.63, 3.8) is 0 Å². The van der Waals surface area contributed by atoms with Gasteiger partial charge in [0.05, 0.1) is 16.4 Å². The molecule has 0 saturated carbocycles. The molecule has 0 saturated heterocycles. The molecule has 0 spiro atoms. The van der Waals surface area contributed by atoms with Crippen molar-refractivity contribution < 1.29 is 4.39 Å². The van der Waals surface area contributed by atoms with Crippen LogP contribution >= 0.6 is 11.3 Å². The molecule has 110 valence electrons. The molecular weight excluding hydrogens is 297 g/mol. The van der Waals surface area contributed by atoms with Crippen molar-refractivity contribution >= 4 is 27.3 Å². The van der Waals surface area contributed by atoms with Gasteiger partial charge in [-0.2, -0.15) is 5.10 Å². The Bertz CT molecular complexity index is 858. The Kier molecular flexibility index (Phi) is 3.08. The first-order chi connectivity index (χ1) is 10.7. The predicted octanol–water partition coefficient (Wildman–Crippen LogP) is 4.40. The van der Waals surface area contributed by atoms with Gasteiger partial charge in [-0.15, -0.1) is 11.3 Å². The third kappa shape index (κ3) is 2.33. The van der Waals surface area contributed by atoms with Crippen molar-refractivity contribution in [1.82, 2.24) is 15.5 Å². The number of H-pyrrole nitrogens is 1. The van der Waals surface area contributed by atoms with Crippen LogP contribution in [-0.2, 0) is 0 Å². The Labute approximate surface area is 131 Å². The average molecular weight is 311 g/mol. The van der Waals surface area contributed by atoms with Gasteiger partial charge in [0.15, 0.2) is 0 Å². The molecule has 0 bridgehead atoms. The molecule has 0 fully saturated rings. The van der Waals surface area contributed by atoms with Crippen LogP contribution in [0, 0.1) is 5.82 Å². The zero-order chi connectivity index (χ0) is 15.1. The maximum Gasteiger partial charge on any atom is 0.123 e. The van der Waals surface area contributed by atoms with Gasteiger partial charge in [0.25, 0.3) is 0 Å². The molecule has 1 atom stereocenters. The van der Waals surface area contributed by atoms with Crippen LogP contribution in [0.4, 0.5) is 4.39 Å². The van der Waals surface area contributed by atoms with E-state index in [1.54, 1.807) is 23.5 Å². The molecule has 1 aliphatic heterocycles. The van der Waals surface area contributed by atoms with Gasteiger partial charge in [0.2, 0.25) is 0 Å².